The highest BCUT2D eigenvalue weighted by molar-refractivity contribution is 8.00. The number of hydrogen-bond donors (Lipinski definition) is 0. The molecule has 1 nitrogen and oxygen atoms in total. The fourth-order valence-corrected chi connectivity index (χ4v) is 3.32. The molecule has 0 saturated carbocycles. The lowest BCUT2D eigenvalue weighted by atomic mass is 10.0. The Morgan fingerprint density at radius 2 is 1.68 bits per heavy atom. The SMILES string of the molecule is CCCCCCCCCC(C)(C)Sc1ccccn1. The van der Waals surface area contributed by atoms with E-state index in [1.54, 1.807) is 0 Å². The molecule has 0 saturated heterocycles. The van der Waals surface area contributed by atoms with Gasteiger partial charge >= 0.3 is 0 Å². The number of nitrogens with zero attached hydrogens (tertiary/aromatic N) is 1. The van der Waals surface area contributed by atoms with E-state index < -0.39 is 0 Å². The van der Waals surface area contributed by atoms with Crippen molar-refractivity contribution in [2.24, 2.45) is 0 Å². The number of thioether (sulfide) groups is 1. The first-order chi connectivity index (χ1) is 9.14. The van der Waals surface area contributed by atoms with Crippen LogP contribution in [-0.4, -0.2) is 9.73 Å². The molecule has 1 rings (SSSR count). The van der Waals surface area contributed by atoms with Crippen LogP contribution in [0.3, 0.4) is 0 Å². The lowest BCUT2D eigenvalue weighted by Crippen LogP contribution is -2.14. The highest BCUT2D eigenvalue weighted by atomic mass is 32.2. The van der Waals surface area contributed by atoms with Crippen molar-refractivity contribution in [2.45, 2.75) is 81.9 Å². The van der Waals surface area contributed by atoms with E-state index in [1.807, 2.05) is 24.0 Å². The molecule has 0 aliphatic rings. The topological polar surface area (TPSA) is 12.9 Å². The molecule has 2 heteroatoms. The second-order valence-electron chi connectivity index (χ2n) is 5.90. The van der Waals surface area contributed by atoms with Gasteiger partial charge in [0.1, 0.15) is 0 Å². The zero-order valence-electron chi connectivity index (χ0n) is 12.8. The summed E-state index contributed by atoms with van der Waals surface area (Å²) in [6.45, 7) is 6.95. The zero-order valence-corrected chi connectivity index (χ0v) is 13.6. The molecule has 0 aliphatic carbocycles. The number of hydrogen-bond acceptors (Lipinski definition) is 2. The molecule has 0 aromatic carbocycles. The fourth-order valence-electron chi connectivity index (χ4n) is 2.25. The predicted octanol–water partition coefficient (Wildman–Crippen LogP) is 6.09. The summed E-state index contributed by atoms with van der Waals surface area (Å²) in [6.07, 6.45) is 12.9. The number of unbranched alkanes of at least 4 members (excludes halogenated alkanes) is 6. The number of pyridine rings is 1. The summed E-state index contributed by atoms with van der Waals surface area (Å²) in [6, 6.07) is 6.16. The second-order valence-corrected chi connectivity index (χ2v) is 7.63. The summed E-state index contributed by atoms with van der Waals surface area (Å²) >= 11 is 1.91. The molecular formula is C17H29NS. The maximum Gasteiger partial charge on any atom is 0.0965 e. The van der Waals surface area contributed by atoms with Gasteiger partial charge in [-0.15, -0.1) is 11.8 Å². The first kappa shape index (κ1) is 16.6. The van der Waals surface area contributed by atoms with Crippen molar-refractivity contribution >= 4 is 11.8 Å². The van der Waals surface area contributed by atoms with Crippen molar-refractivity contribution in [1.82, 2.24) is 4.98 Å². The Labute approximate surface area is 123 Å². The molecule has 0 atom stereocenters. The fraction of sp³-hybridized carbons (Fsp3) is 0.706. The van der Waals surface area contributed by atoms with E-state index in [4.69, 9.17) is 0 Å². The average Bonchev–Trinajstić information content (AvgIpc) is 2.38. The molecule has 0 bridgehead atoms. The Hall–Kier alpha value is -0.500. The predicted molar refractivity (Wildman–Crippen MR) is 86.8 cm³/mol. The molecule has 1 aromatic heterocycles. The van der Waals surface area contributed by atoms with Crippen molar-refractivity contribution in [3.63, 3.8) is 0 Å². The Kier molecular flexibility index (Phi) is 8.20. The van der Waals surface area contributed by atoms with E-state index in [2.05, 4.69) is 37.9 Å². The van der Waals surface area contributed by atoms with Crippen LogP contribution in [0, 0.1) is 0 Å². The van der Waals surface area contributed by atoms with E-state index in [-0.39, 0.29) is 0 Å². The molecule has 0 fully saturated rings. The maximum absolute atomic E-state index is 4.41. The van der Waals surface area contributed by atoms with E-state index in [9.17, 15) is 0 Å². The van der Waals surface area contributed by atoms with Crippen LogP contribution < -0.4 is 0 Å². The zero-order chi connectivity index (χ0) is 14.0. The van der Waals surface area contributed by atoms with Gasteiger partial charge in [-0.05, 0) is 18.6 Å². The molecule has 1 heterocycles. The third-order valence-corrected chi connectivity index (χ3v) is 4.61. The summed E-state index contributed by atoms with van der Waals surface area (Å²) in [5, 5.41) is 1.15. The van der Waals surface area contributed by atoms with Gasteiger partial charge in [-0.25, -0.2) is 4.98 Å². The second kappa shape index (κ2) is 9.41. The summed E-state index contributed by atoms with van der Waals surface area (Å²) in [4.78, 5) is 4.41. The molecule has 108 valence electrons. The van der Waals surface area contributed by atoms with Gasteiger partial charge in [-0.3, -0.25) is 0 Å². The first-order valence-corrected chi connectivity index (χ1v) is 8.56. The highest BCUT2D eigenvalue weighted by Gasteiger charge is 2.19. The van der Waals surface area contributed by atoms with Crippen LogP contribution in [0.25, 0.3) is 0 Å². The summed E-state index contributed by atoms with van der Waals surface area (Å²) in [7, 11) is 0. The molecular weight excluding hydrogens is 250 g/mol. The van der Waals surface area contributed by atoms with Gasteiger partial charge < -0.3 is 0 Å². The van der Waals surface area contributed by atoms with Crippen LogP contribution in [0.4, 0.5) is 0 Å². The van der Waals surface area contributed by atoms with Crippen molar-refractivity contribution < 1.29 is 0 Å². The van der Waals surface area contributed by atoms with Crippen molar-refractivity contribution in [3.8, 4) is 0 Å². The molecule has 1 aromatic rings. The van der Waals surface area contributed by atoms with Crippen molar-refractivity contribution in [3.05, 3.63) is 24.4 Å². The van der Waals surface area contributed by atoms with Gasteiger partial charge in [-0.1, -0.05) is 71.8 Å². The van der Waals surface area contributed by atoms with Gasteiger partial charge in [0, 0.05) is 10.9 Å². The minimum atomic E-state index is 0.303. The largest absolute Gasteiger partial charge is 0.250 e. The van der Waals surface area contributed by atoms with Gasteiger partial charge in [0.2, 0.25) is 0 Å². The smallest absolute Gasteiger partial charge is 0.0965 e. The standard InChI is InChI=1S/C17H29NS/c1-4-5-6-7-8-9-11-14-17(2,3)19-16-13-10-12-15-18-16/h10,12-13,15H,4-9,11,14H2,1-3H3. The Morgan fingerprint density at radius 1 is 1.00 bits per heavy atom. The third-order valence-electron chi connectivity index (χ3n) is 3.40. The Balaban J connectivity index is 2.13. The van der Waals surface area contributed by atoms with Crippen LogP contribution in [0.1, 0.15) is 72.1 Å². The lowest BCUT2D eigenvalue weighted by Gasteiger charge is -2.23. The minimum Gasteiger partial charge on any atom is -0.250 e. The molecule has 0 amide bonds. The molecule has 0 radical (unpaired) electrons. The van der Waals surface area contributed by atoms with Gasteiger partial charge in [0.15, 0.2) is 0 Å². The monoisotopic (exact) mass is 279 g/mol. The lowest BCUT2D eigenvalue weighted by molar-refractivity contribution is 0.536. The molecule has 0 unspecified atom stereocenters. The Morgan fingerprint density at radius 3 is 2.32 bits per heavy atom. The summed E-state index contributed by atoms with van der Waals surface area (Å²) < 4.78 is 0.303. The van der Waals surface area contributed by atoms with Gasteiger partial charge in [-0.2, -0.15) is 0 Å². The van der Waals surface area contributed by atoms with E-state index in [1.165, 1.54) is 51.4 Å². The normalized spacial score (nSPS) is 11.7. The molecule has 0 N–H and O–H groups in total. The average molecular weight is 279 g/mol. The summed E-state index contributed by atoms with van der Waals surface area (Å²) in [5.41, 5.74) is 0. The van der Waals surface area contributed by atoms with Crippen LogP contribution in [-0.2, 0) is 0 Å². The van der Waals surface area contributed by atoms with Crippen molar-refractivity contribution in [2.75, 3.05) is 0 Å². The van der Waals surface area contributed by atoms with Gasteiger partial charge in [0.05, 0.1) is 5.03 Å². The first-order valence-electron chi connectivity index (χ1n) is 7.74. The minimum absolute atomic E-state index is 0.303. The molecule has 19 heavy (non-hydrogen) atoms. The summed E-state index contributed by atoms with van der Waals surface area (Å²) in [5.74, 6) is 0. The van der Waals surface area contributed by atoms with Gasteiger partial charge in [0.25, 0.3) is 0 Å². The Bertz CT molecular complexity index is 321. The molecule has 0 spiro atoms. The van der Waals surface area contributed by atoms with Crippen LogP contribution in [0.5, 0.6) is 0 Å². The van der Waals surface area contributed by atoms with Crippen LogP contribution in [0.15, 0.2) is 29.4 Å². The number of rotatable bonds is 10. The van der Waals surface area contributed by atoms with Crippen molar-refractivity contribution in [1.29, 1.82) is 0 Å². The number of aromatic nitrogens is 1. The molecule has 0 aliphatic heterocycles. The van der Waals surface area contributed by atoms with Crippen LogP contribution >= 0.6 is 11.8 Å². The quantitative estimate of drug-likeness (QED) is 0.379. The van der Waals surface area contributed by atoms with E-state index in [0.717, 1.165) is 5.03 Å². The van der Waals surface area contributed by atoms with Crippen LogP contribution in [0.2, 0.25) is 0 Å². The van der Waals surface area contributed by atoms with E-state index in [0.29, 0.717) is 4.75 Å². The third kappa shape index (κ3) is 8.30. The van der Waals surface area contributed by atoms with E-state index >= 15 is 0 Å². The maximum atomic E-state index is 4.41. The highest BCUT2D eigenvalue weighted by Crippen LogP contribution is 2.35.